The molecule has 2 aromatic carbocycles. The smallest absolute Gasteiger partial charge is 0.242 e. The summed E-state index contributed by atoms with van der Waals surface area (Å²) in [6.07, 6.45) is 1.18. The van der Waals surface area contributed by atoms with Crippen LogP contribution in [0, 0.1) is 12.7 Å². The first kappa shape index (κ1) is 27.3. The van der Waals surface area contributed by atoms with E-state index in [-0.39, 0.29) is 49.5 Å². The van der Waals surface area contributed by atoms with Crippen LogP contribution in [0.3, 0.4) is 0 Å². The van der Waals surface area contributed by atoms with Crippen molar-refractivity contribution in [3.05, 3.63) is 65.5 Å². The van der Waals surface area contributed by atoms with Crippen molar-refractivity contribution in [1.82, 2.24) is 10.2 Å². The van der Waals surface area contributed by atoms with Crippen molar-refractivity contribution < 1.29 is 22.4 Å². The number of carbonyl (C=O) groups is 2. The molecule has 0 heterocycles. The van der Waals surface area contributed by atoms with Gasteiger partial charge in [0.15, 0.2) is 0 Å². The summed E-state index contributed by atoms with van der Waals surface area (Å²) in [5.74, 6) is -1.20. The summed E-state index contributed by atoms with van der Waals surface area (Å²) < 4.78 is 39.8. The Morgan fingerprint density at radius 3 is 2.24 bits per heavy atom. The summed E-state index contributed by atoms with van der Waals surface area (Å²) in [4.78, 5) is 27.4. The van der Waals surface area contributed by atoms with Crippen LogP contribution in [-0.2, 0) is 26.2 Å². The van der Waals surface area contributed by atoms with E-state index in [1.807, 2.05) is 45.0 Å². The molecule has 2 amide bonds. The fourth-order valence-electron chi connectivity index (χ4n) is 3.60. The Labute approximate surface area is 202 Å². The van der Waals surface area contributed by atoms with Crippen LogP contribution >= 0.6 is 0 Å². The summed E-state index contributed by atoms with van der Waals surface area (Å²) in [6, 6.07) is 12.5. The Balaban J connectivity index is 2.19. The van der Waals surface area contributed by atoms with Crippen LogP contribution in [0.15, 0.2) is 48.5 Å². The van der Waals surface area contributed by atoms with Crippen LogP contribution in [-0.4, -0.2) is 50.0 Å². The highest BCUT2D eigenvalue weighted by Gasteiger charge is 2.27. The number of halogens is 1. The van der Waals surface area contributed by atoms with Crippen LogP contribution in [0.5, 0.6) is 0 Å². The number of amides is 2. The second-order valence-electron chi connectivity index (χ2n) is 8.68. The minimum absolute atomic E-state index is 0.00561. The number of carbonyl (C=O) groups excluding carboxylic acids is 2. The molecule has 186 valence electrons. The molecule has 1 N–H and O–H groups in total. The maximum atomic E-state index is 14.2. The molecule has 2 rings (SSSR count). The van der Waals surface area contributed by atoms with Gasteiger partial charge in [0.2, 0.25) is 21.8 Å². The number of nitrogens with zero attached hydrogens (tertiary/aromatic N) is 2. The standard InChI is InChI=1S/C25H34FN3O4S/c1-18(2)27-25(31)20(4)28(17-21-12-7-6-11-19(21)3)24(30)15-10-16-29(34(5,32)33)23-14-9-8-13-22(23)26/h6-9,11-14,18,20H,10,15-17H2,1-5H3,(H,27,31)/t20-/m1/s1. The van der Waals surface area contributed by atoms with Gasteiger partial charge in [-0.15, -0.1) is 0 Å². The largest absolute Gasteiger partial charge is 0.352 e. The number of anilines is 1. The van der Waals surface area contributed by atoms with Gasteiger partial charge in [-0.3, -0.25) is 13.9 Å². The molecule has 7 nitrogen and oxygen atoms in total. The minimum atomic E-state index is -3.75. The fraction of sp³-hybridized carbons (Fsp3) is 0.440. The average Bonchev–Trinajstić information content (AvgIpc) is 2.75. The maximum absolute atomic E-state index is 14.2. The van der Waals surface area contributed by atoms with Gasteiger partial charge in [-0.25, -0.2) is 12.8 Å². The summed E-state index contributed by atoms with van der Waals surface area (Å²) in [7, 11) is -3.75. The van der Waals surface area contributed by atoms with E-state index in [2.05, 4.69) is 5.32 Å². The van der Waals surface area contributed by atoms with Gasteiger partial charge in [0.05, 0.1) is 11.9 Å². The van der Waals surface area contributed by atoms with Crippen molar-refractivity contribution >= 4 is 27.5 Å². The molecule has 0 aromatic heterocycles. The molecular weight excluding hydrogens is 457 g/mol. The van der Waals surface area contributed by atoms with Crippen LogP contribution in [0.4, 0.5) is 10.1 Å². The lowest BCUT2D eigenvalue weighted by Gasteiger charge is -2.30. The number of nitrogens with one attached hydrogen (secondary N) is 1. The molecule has 0 spiro atoms. The second-order valence-corrected chi connectivity index (χ2v) is 10.6. The van der Waals surface area contributed by atoms with Gasteiger partial charge in [-0.2, -0.15) is 0 Å². The highest BCUT2D eigenvalue weighted by molar-refractivity contribution is 7.92. The molecule has 0 aliphatic heterocycles. The molecule has 0 bridgehead atoms. The third-order valence-electron chi connectivity index (χ3n) is 5.47. The van der Waals surface area contributed by atoms with E-state index in [1.54, 1.807) is 13.0 Å². The lowest BCUT2D eigenvalue weighted by molar-refractivity contribution is -0.140. The minimum Gasteiger partial charge on any atom is -0.352 e. The zero-order valence-corrected chi connectivity index (χ0v) is 21.2. The first-order chi connectivity index (χ1) is 15.9. The second kappa shape index (κ2) is 12.0. The maximum Gasteiger partial charge on any atom is 0.242 e. The van der Waals surface area contributed by atoms with Crippen molar-refractivity contribution in [2.45, 2.75) is 59.2 Å². The first-order valence-electron chi connectivity index (χ1n) is 11.3. The zero-order chi connectivity index (χ0) is 25.5. The topological polar surface area (TPSA) is 86.8 Å². The Kier molecular flexibility index (Phi) is 9.61. The fourth-order valence-corrected chi connectivity index (χ4v) is 4.56. The van der Waals surface area contributed by atoms with E-state index in [1.165, 1.54) is 23.1 Å². The van der Waals surface area contributed by atoms with Gasteiger partial charge >= 0.3 is 0 Å². The predicted molar refractivity (Wildman–Crippen MR) is 132 cm³/mol. The molecule has 0 aliphatic rings. The monoisotopic (exact) mass is 491 g/mol. The molecule has 2 aromatic rings. The van der Waals surface area contributed by atoms with Crippen LogP contribution < -0.4 is 9.62 Å². The van der Waals surface area contributed by atoms with E-state index in [4.69, 9.17) is 0 Å². The summed E-state index contributed by atoms with van der Waals surface area (Å²) in [5, 5.41) is 2.84. The van der Waals surface area contributed by atoms with Gasteiger partial charge in [-0.05, 0) is 57.4 Å². The SMILES string of the molecule is Cc1ccccc1CN(C(=O)CCCN(c1ccccc1F)S(C)(=O)=O)[C@H](C)C(=O)NC(C)C. The molecular formula is C25H34FN3O4S. The van der Waals surface area contributed by atoms with Crippen molar-refractivity contribution in [3.8, 4) is 0 Å². The average molecular weight is 492 g/mol. The van der Waals surface area contributed by atoms with Crippen LogP contribution in [0.1, 0.15) is 44.7 Å². The molecule has 0 saturated heterocycles. The van der Waals surface area contributed by atoms with Gasteiger partial charge in [-0.1, -0.05) is 36.4 Å². The molecule has 9 heteroatoms. The van der Waals surface area contributed by atoms with Crippen LogP contribution in [0.25, 0.3) is 0 Å². The molecule has 0 fully saturated rings. The van der Waals surface area contributed by atoms with E-state index >= 15 is 0 Å². The third kappa shape index (κ3) is 7.55. The van der Waals surface area contributed by atoms with E-state index < -0.39 is 21.9 Å². The summed E-state index contributed by atoms with van der Waals surface area (Å²) in [6.45, 7) is 7.50. The molecule has 0 aliphatic carbocycles. The van der Waals surface area contributed by atoms with E-state index in [0.29, 0.717) is 0 Å². The molecule has 34 heavy (non-hydrogen) atoms. The lowest BCUT2D eigenvalue weighted by Crippen LogP contribution is -2.49. The van der Waals surface area contributed by atoms with E-state index in [0.717, 1.165) is 21.7 Å². The highest BCUT2D eigenvalue weighted by atomic mass is 32.2. The number of aryl methyl sites for hydroxylation is 1. The van der Waals surface area contributed by atoms with Crippen molar-refractivity contribution in [2.24, 2.45) is 0 Å². The Hall–Kier alpha value is -2.94. The van der Waals surface area contributed by atoms with Gasteiger partial charge < -0.3 is 10.2 Å². The quantitative estimate of drug-likeness (QED) is 0.520. The van der Waals surface area contributed by atoms with Crippen molar-refractivity contribution in [1.29, 1.82) is 0 Å². The highest BCUT2D eigenvalue weighted by Crippen LogP contribution is 2.22. The number of rotatable bonds is 11. The number of sulfonamides is 1. The normalized spacial score (nSPS) is 12.3. The van der Waals surface area contributed by atoms with Crippen LogP contribution in [0.2, 0.25) is 0 Å². The number of benzene rings is 2. The lowest BCUT2D eigenvalue weighted by atomic mass is 10.1. The molecule has 0 unspecified atom stereocenters. The van der Waals surface area contributed by atoms with Gasteiger partial charge in [0.25, 0.3) is 0 Å². The molecule has 0 saturated carbocycles. The Bertz CT molecular complexity index is 1100. The third-order valence-corrected chi connectivity index (χ3v) is 6.65. The predicted octanol–water partition coefficient (Wildman–Crippen LogP) is 3.62. The summed E-state index contributed by atoms with van der Waals surface area (Å²) >= 11 is 0. The van der Waals surface area contributed by atoms with Crippen molar-refractivity contribution in [3.63, 3.8) is 0 Å². The number of para-hydroxylation sites is 1. The first-order valence-corrected chi connectivity index (χ1v) is 13.1. The number of hydrogen-bond donors (Lipinski definition) is 1. The Morgan fingerprint density at radius 2 is 1.65 bits per heavy atom. The van der Waals surface area contributed by atoms with Gasteiger partial charge in [0, 0.05) is 25.6 Å². The molecule has 1 atom stereocenters. The molecule has 0 radical (unpaired) electrons. The van der Waals surface area contributed by atoms with Gasteiger partial charge in [0.1, 0.15) is 11.9 Å². The zero-order valence-electron chi connectivity index (χ0n) is 20.4. The van der Waals surface area contributed by atoms with E-state index in [9.17, 15) is 22.4 Å². The van der Waals surface area contributed by atoms with Crippen molar-refractivity contribution in [2.75, 3.05) is 17.1 Å². The number of hydrogen-bond acceptors (Lipinski definition) is 4. The summed E-state index contributed by atoms with van der Waals surface area (Å²) in [5.41, 5.74) is 1.86. The Morgan fingerprint density at radius 1 is 1.03 bits per heavy atom.